The number of nitrogens with one attached hydrogen (secondary N) is 1. The van der Waals surface area contributed by atoms with Crippen molar-refractivity contribution in [2.24, 2.45) is 5.92 Å². The number of carbonyl (C=O) groups is 1. The number of hydrogen-bond donors (Lipinski definition) is 1. The van der Waals surface area contributed by atoms with Gasteiger partial charge in [-0.15, -0.1) is 0 Å². The van der Waals surface area contributed by atoms with Crippen LogP contribution in [0.3, 0.4) is 0 Å². The molecule has 3 rings (SSSR count). The number of nitrogens with zero attached hydrogens (tertiary/aromatic N) is 1. The Hall–Kier alpha value is -0.870. The van der Waals surface area contributed by atoms with Gasteiger partial charge in [-0.1, -0.05) is 28.1 Å². The molecule has 0 aromatic heterocycles. The first-order valence-electron chi connectivity index (χ1n) is 6.98. The number of carbonyl (C=O) groups excluding carboxylic acids is 1. The van der Waals surface area contributed by atoms with Crippen LogP contribution in [0.15, 0.2) is 28.7 Å². The summed E-state index contributed by atoms with van der Waals surface area (Å²) in [6.45, 7) is 2.95. The van der Waals surface area contributed by atoms with E-state index < -0.39 is 0 Å². The van der Waals surface area contributed by atoms with Gasteiger partial charge in [-0.2, -0.15) is 0 Å². The molecule has 3 nitrogen and oxygen atoms in total. The van der Waals surface area contributed by atoms with Crippen LogP contribution < -0.4 is 5.32 Å². The minimum absolute atomic E-state index is 0.267. The van der Waals surface area contributed by atoms with Crippen LogP contribution in [0.5, 0.6) is 0 Å². The summed E-state index contributed by atoms with van der Waals surface area (Å²) in [6.07, 6.45) is 2.84. The first-order valence-corrected chi connectivity index (χ1v) is 7.77. The maximum atomic E-state index is 12.4. The summed E-state index contributed by atoms with van der Waals surface area (Å²) in [5, 5.41) is 3.53. The second kappa shape index (κ2) is 5.63. The van der Waals surface area contributed by atoms with E-state index in [0.717, 1.165) is 36.1 Å². The van der Waals surface area contributed by atoms with Gasteiger partial charge in [-0.05, 0) is 43.0 Å². The van der Waals surface area contributed by atoms with Gasteiger partial charge in [-0.3, -0.25) is 4.79 Å². The normalized spacial score (nSPS) is 26.3. The van der Waals surface area contributed by atoms with E-state index in [0.29, 0.717) is 18.4 Å². The standard InChI is InChI=1S/C15H19BrN2O/c16-13-3-1-2-11(8-13)9-15(19)18-7-5-14-12(10-18)4-6-17-14/h1-3,8,12,14,17H,4-7,9-10H2. The zero-order chi connectivity index (χ0) is 13.2. The van der Waals surface area contributed by atoms with E-state index in [1.165, 1.54) is 6.42 Å². The lowest BCUT2D eigenvalue weighted by Gasteiger charge is -2.35. The molecule has 2 heterocycles. The average Bonchev–Trinajstić information content (AvgIpc) is 2.85. The largest absolute Gasteiger partial charge is 0.342 e. The number of rotatable bonds is 2. The van der Waals surface area contributed by atoms with Crippen LogP contribution in [-0.2, 0) is 11.2 Å². The van der Waals surface area contributed by atoms with Gasteiger partial charge in [0.05, 0.1) is 6.42 Å². The van der Waals surface area contributed by atoms with Crippen molar-refractivity contribution >= 4 is 21.8 Å². The van der Waals surface area contributed by atoms with Gasteiger partial charge >= 0.3 is 0 Å². The Bertz CT molecular complexity index is 477. The molecule has 2 aliphatic rings. The summed E-state index contributed by atoms with van der Waals surface area (Å²) in [5.41, 5.74) is 1.09. The van der Waals surface area contributed by atoms with Gasteiger partial charge in [0.25, 0.3) is 0 Å². The van der Waals surface area contributed by atoms with Crippen LogP contribution in [-0.4, -0.2) is 36.5 Å². The van der Waals surface area contributed by atoms with E-state index in [1.807, 2.05) is 24.3 Å². The molecule has 102 valence electrons. The van der Waals surface area contributed by atoms with Crippen LogP contribution in [0.2, 0.25) is 0 Å². The van der Waals surface area contributed by atoms with Crippen LogP contribution in [0.1, 0.15) is 18.4 Å². The first kappa shape index (κ1) is 13.1. The fraction of sp³-hybridized carbons (Fsp3) is 0.533. The third kappa shape index (κ3) is 3.00. The van der Waals surface area contributed by atoms with Crippen molar-refractivity contribution in [3.05, 3.63) is 34.3 Å². The van der Waals surface area contributed by atoms with Gasteiger partial charge in [0.1, 0.15) is 0 Å². The number of likely N-dealkylation sites (tertiary alicyclic amines) is 1. The molecule has 0 radical (unpaired) electrons. The lowest BCUT2D eigenvalue weighted by Crippen LogP contribution is -2.47. The number of halogens is 1. The fourth-order valence-corrected chi connectivity index (χ4v) is 3.65. The van der Waals surface area contributed by atoms with E-state index in [9.17, 15) is 4.79 Å². The van der Waals surface area contributed by atoms with Gasteiger partial charge in [0.2, 0.25) is 5.91 Å². The van der Waals surface area contributed by atoms with Crippen molar-refractivity contribution in [3.8, 4) is 0 Å². The quantitative estimate of drug-likeness (QED) is 0.905. The van der Waals surface area contributed by atoms with E-state index in [4.69, 9.17) is 0 Å². The average molecular weight is 323 g/mol. The third-order valence-electron chi connectivity index (χ3n) is 4.25. The maximum Gasteiger partial charge on any atom is 0.227 e. The molecule has 1 amide bonds. The predicted octanol–water partition coefficient (Wildman–Crippen LogP) is 2.20. The van der Waals surface area contributed by atoms with Gasteiger partial charge in [0.15, 0.2) is 0 Å². The van der Waals surface area contributed by atoms with Crippen molar-refractivity contribution < 1.29 is 4.79 Å². The van der Waals surface area contributed by atoms with Crippen molar-refractivity contribution in [2.45, 2.75) is 25.3 Å². The molecule has 1 aromatic rings. The second-order valence-electron chi connectivity index (χ2n) is 5.54. The van der Waals surface area contributed by atoms with Crippen molar-refractivity contribution in [1.29, 1.82) is 0 Å². The van der Waals surface area contributed by atoms with Crippen LogP contribution >= 0.6 is 15.9 Å². The molecule has 0 saturated carbocycles. The summed E-state index contributed by atoms with van der Waals surface area (Å²) in [5.74, 6) is 0.934. The maximum absolute atomic E-state index is 12.4. The van der Waals surface area contributed by atoms with Crippen LogP contribution in [0.4, 0.5) is 0 Å². The van der Waals surface area contributed by atoms with Crippen LogP contribution in [0, 0.1) is 5.92 Å². The molecule has 2 unspecified atom stereocenters. The zero-order valence-electron chi connectivity index (χ0n) is 10.9. The molecule has 0 bridgehead atoms. The lowest BCUT2D eigenvalue weighted by molar-refractivity contribution is -0.132. The van der Waals surface area contributed by atoms with Crippen molar-refractivity contribution in [2.75, 3.05) is 19.6 Å². The monoisotopic (exact) mass is 322 g/mol. The molecule has 2 saturated heterocycles. The fourth-order valence-electron chi connectivity index (χ4n) is 3.21. The minimum atomic E-state index is 0.267. The summed E-state index contributed by atoms with van der Waals surface area (Å²) < 4.78 is 1.04. The van der Waals surface area contributed by atoms with E-state index in [1.54, 1.807) is 0 Å². The highest BCUT2D eigenvalue weighted by molar-refractivity contribution is 9.10. The summed E-state index contributed by atoms with van der Waals surface area (Å²) in [6, 6.07) is 8.67. The number of piperidine rings is 1. The smallest absolute Gasteiger partial charge is 0.227 e. The van der Waals surface area contributed by atoms with Gasteiger partial charge in [-0.25, -0.2) is 0 Å². The highest BCUT2D eigenvalue weighted by Crippen LogP contribution is 2.25. The SMILES string of the molecule is O=C(Cc1cccc(Br)c1)N1CCC2NCCC2C1. The van der Waals surface area contributed by atoms with E-state index in [2.05, 4.69) is 26.1 Å². The molecule has 0 aliphatic carbocycles. The van der Waals surface area contributed by atoms with Crippen LogP contribution in [0.25, 0.3) is 0 Å². The van der Waals surface area contributed by atoms with E-state index >= 15 is 0 Å². The molecule has 1 N–H and O–H groups in total. The predicted molar refractivity (Wildman–Crippen MR) is 78.9 cm³/mol. The van der Waals surface area contributed by atoms with Gasteiger partial charge < -0.3 is 10.2 Å². The second-order valence-corrected chi connectivity index (χ2v) is 6.46. The highest BCUT2D eigenvalue weighted by Gasteiger charge is 2.34. The summed E-state index contributed by atoms with van der Waals surface area (Å²) in [7, 11) is 0. The Morgan fingerprint density at radius 2 is 2.32 bits per heavy atom. The summed E-state index contributed by atoms with van der Waals surface area (Å²) in [4.78, 5) is 14.4. The van der Waals surface area contributed by atoms with Crippen molar-refractivity contribution in [3.63, 3.8) is 0 Å². The van der Waals surface area contributed by atoms with E-state index in [-0.39, 0.29) is 5.91 Å². The Labute approximate surface area is 122 Å². The Morgan fingerprint density at radius 3 is 3.16 bits per heavy atom. The molecule has 0 spiro atoms. The number of fused-ring (bicyclic) bond motifs is 1. The zero-order valence-corrected chi connectivity index (χ0v) is 12.5. The minimum Gasteiger partial charge on any atom is -0.342 e. The lowest BCUT2D eigenvalue weighted by atomic mass is 9.93. The molecule has 1 aromatic carbocycles. The number of amides is 1. The molecule has 2 fully saturated rings. The molecule has 2 atom stereocenters. The van der Waals surface area contributed by atoms with Gasteiger partial charge in [0, 0.05) is 23.6 Å². The highest BCUT2D eigenvalue weighted by atomic mass is 79.9. The Morgan fingerprint density at radius 1 is 1.42 bits per heavy atom. The summed E-state index contributed by atoms with van der Waals surface area (Å²) >= 11 is 3.45. The molecule has 19 heavy (non-hydrogen) atoms. The molecule has 4 heteroatoms. The topological polar surface area (TPSA) is 32.3 Å². The Kier molecular flexibility index (Phi) is 3.89. The number of benzene rings is 1. The third-order valence-corrected chi connectivity index (χ3v) is 4.75. The van der Waals surface area contributed by atoms with Crippen molar-refractivity contribution in [1.82, 2.24) is 10.2 Å². The molecular formula is C15H19BrN2O. The Balaban J connectivity index is 1.61. The molecular weight excluding hydrogens is 304 g/mol. The number of hydrogen-bond acceptors (Lipinski definition) is 2. The molecule has 2 aliphatic heterocycles. The first-order chi connectivity index (χ1) is 9.22.